The Bertz CT molecular complexity index is 450. The monoisotopic (exact) mass is 207 g/mol. The lowest BCUT2D eigenvalue weighted by Gasteiger charge is -2.06. The topological polar surface area (TPSA) is 25.0 Å². The average Bonchev–Trinajstić information content (AvgIpc) is 2.65. The number of H-pyrrole nitrogens is 1. The van der Waals surface area contributed by atoms with Gasteiger partial charge < -0.3 is 9.72 Å². The average molecular weight is 207 g/mol. The summed E-state index contributed by atoms with van der Waals surface area (Å²) in [5.74, 6) is 0.358. The molecule has 0 aliphatic rings. The molecule has 80 valence electrons. The number of hydrogen-bond acceptors (Lipinski definition) is 1. The van der Waals surface area contributed by atoms with Crippen molar-refractivity contribution in [2.75, 3.05) is 6.61 Å². The van der Waals surface area contributed by atoms with Crippen molar-refractivity contribution in [2.24, 2.45) is 0 Å². The number of unbranched alkanes of at least 4 members (excludes halogenated alkanes) is 1. The van der Waals surface area contributed by atoms with Crippen molar-refractivity contribution in [1.82, 2.24) is 4.98 Å². The number of benzene rings is 1. The van der Waals surface area contributed by atoms with Crippen LogP contribution < -0.4 is 4.74 Å². The highest BCUT2D eigenvalue weighted by atomic mass is 19.1. The van der Waals surface area contributed by atoms with E-state index in [1.54, 1.807) is 6.20 Å². The second-order valence-electron chi connectivity index (χ2n) is 3.54. The van der Waals surface area contributed by atoms with E-state index in [-0.39, 0.29) is 5.82 Å². The van der Waals surface area contributed by atoms with Gasteiger partial charge in [-0.15, -0.1) is 0 Å². The van der Waals surface area contributed by atoms with Gasteiger partial charge in [-0.05, 0) is 18.6 Å². The summed E-state index contributed by atoms with van der Waals surface area (Å²) in [6, 6.07) is 4.81. The minimum Gasteiger partial charge on any atom is -0.493 e. The van der Waals surface area contributed by atoms with Crippen molar-refractivity contribution in [3.05, 3.63) is 30.2 Å². The Balaban J connectivity index is 2.27. The molecule has 0 amide bonds. The fraction of sp³-hybridized carbons (Fsp3) is 0.333. The third-order valence-electron chi connectivity index (χ3n) is 2.35. The number of halogens is 1. The van der Waals surface area contributed by atoms with Gasteiger partial charge in [-0.2, -0.15) is 0 Å². The van der Waals surface area contributed by atoms with Gasteiger partial charge in [0, 0.05) is 17.6 Å². The van der Waals surface area contributed by atoms with Crippen molar-refractivity contribution in [1.29, 1.82) is 0 Å². The maximum atomic E-state index is 13.2. The van der Waals surface area contributed by atoms with Crippen LogP contribution in [0.4, 0.5) is 4.39 Å². The van der Waals surface area contributed by atoms with Crippen LogP contribution in [-0.4, -0.2) is 11.6 Å². The molecule has 3 heteroatoms. The van der Waals surface area contributed by atoms with E-state index in [1.165, 1.54) is 12.1 Å². The second kappa shape index (κ2) is 4.34. The van der Waals surface area contributed by atoms with Crippen LogP contribution in [0.2, 0.25) is 0 Å². The molecule has 1 aromatic carbocycles. The van der Waals surface area contributed by atoms with Crippen LogP contribution >= 0.6 is 0 Å². The van der Waals surface area contributed by atoms with Crippen LogP contribution in [0, 0.1) is 5.82 Å². The van der Waals surface area contributed by atoms with Crippen molar-refractivity contribution >= 4 is 10.9 Å². The first-order valence-corrected chi connectivity index (χ1v) is 5.20. The van der Waals surface area contributed by atoms with E-state index in [1.807, 2.05) is 6.07 Å². The van der Waals surface area contributed by atoms with Crippen LogP contribution in [0.1, 0.15) is 19.8 Å². The molecule has 2 rings (SSSR count). The molecule has 2 aromatic rings. The number of aromatic amines is 1. The first-order chi connectivity index (χ1) is 7.31. The fourth-order valence-electron chi connectivity index (χ4n) is 1.55. The lowest BCUT2D eigenvalue weighted by molar-refractivity contribution is 0.311. The van der Waals surface area contributed by atoms with Gasteiger partial charge in [-0.1, -0.05) is 13.3 Å². The van der Waals surface area contributed by atoms with Gasteiger partial charge in [0.05, 0.1) is 12.1 Å². The highest BCUT2D eigenvalue weighted by Crippen LogP contribution is 2.26. The molecular weight excluding hydrogens is 193 g/mol. The summed E-state index contributed by atoms with van der Waals surface area (Å²) in [5, 5.41) is 0.938. The van der Waals surface area contributed by atoms with E-state index in [0.717, 1.165) is 23.7 Å². The van der Waals surface area contributed by atoms with Crippen molar-refractivity contribution in [3.63, 3.8) is 0 Å². The molecule has 0 aliphatic carbocycles. The lowest BCUT2D eigenvalue weighted by atomic mass is 10.2. The first kappa shape index (κ1) is 10.0. The molecule has 1 heterocycles. The summed E-state index contributed by atoms with van der Waals surface area (Å²) >= 11 is 0. The van der Waals surface area contributed by atoms with E-state index < -0.39 is 0 Å². The van der Waals surface area contributed by atoms with Crippen LogP contribution in [0.15, 0.2) is 24.4 Å². The molecule has 0 unspecified atom stereocenters. The predicted octanol–water partition coefficient (Wildman–Crippen LogP) is 3.49. The Hall–Kier alpha value is -1.51. The zero-order valence-electron chi connectivity index (χ0n) is 8.72. The maximum absolute atomic E-state index is 13.2. The highest BCUT2D eigenvalue weighted by Gasteiger charge is 2.05. The molecule has 1 aromatic heterocycles. The first-order valence-electron chi connectivity index (χ1n) is 5.20. The summed E-state index contributed by atoms with van der Waals surface area (Å²) in [5.41, 5.74) is 0.779. The van der Waals surface area contributed by atoms with Crippen LogP contribution in [0.3, 0.4) is 0 Å². The van der Waals surface area contributed by atoms with E-state index in [9.17, 15) is 4.39 Å². The summed E-state index contributed by atoms with van der Waals surface area (Å²) in [4.78, 5) is 2.97. The van der Waals surface area contributed by atoms with Crippen molar-refractivity contribution in [3.8, 4) is 5.75 Å². The molecule has 1 N–H and O–H groups in total. The number of hydrogen-bond donors (Lipinski definition) is 1. The number of nitrogens with one attached hydrogen (secondary N) is 1. The summed E-state index contributed by atoms with van der Waals surface area (Å²) < 4.78 is 18.7. The van der Waals surface area contributed by atoms with E-state index in [0.29, 0.717) is 12.4 Å². The number of rotatable bonds is 4. The molecule has 0 saturated heterocycles. The molecule has 2 nitrogen and oxygen atoms in total. The Labute approximate surface area is 88.1 Å². The maximum Gasteiger partial charge on any atom is 0.131 e. The SMILES string of the molecule is CCCCOc1cc(F)cc2[nH]ccc12. The molecular formula is C12H14FNO. The third-order valence-corrected chi connectivity index (χ3v) is 2.35. The number of ether oxygens (including phenoxy) is 1. The molecule has 0 aliphatic heterocycles. The van der Waals surface area contributed by atoms with Crippen molar-refractivity contribution in [2.45, 2.75) is 19.8 Å². The van der Waals surface area contributed by atoms with Crippen LogP contribution in [-0.2, 0) is 0 Å². The third kappa shape index (κ3) is 2.12. The number of aromatic nitrogens is 1. The molecule has 0 bridgehead atoms. The van der Waals surface area contributed by atoms with Gasteiger partial charge in [0.2, 0.25) is 0 Å². The minimum atomic E-state index is -0.267. The summed E-state index contributed by atoms with van der Waals surface area (Å²) in [6.07, 6.45) is 3.85. The highest BCUT2D eigenvalue weighted by molar-refractivity contribution is 5.85. The van der Waals surface area contributed by atoms with Crippen molar-refractivity contribution < 1.29 is 9.13 Å². The van der Waals surface area contributed by atoms with E-state index in [2.05, 4.69) is 11.9 Å². The van der Waals surface area contributed by atoms with Gasteiger partial charge in [-0.25, -0.2) is 4.39 Å². The Morgan fingerprint density at radius 1 is 1.40 bits per heavy atom. The second-order valence-corrected chi connectivity index (χ2v) is 3.54. The Morgan fingerprint density at radius 3 is 3.07 bits per heavy atom. The molecule has 0 spiro atoms. The molecule has 0 atom stereocenters. The fourth-order valence-corrected chi connectivity index (χ4v) is 1.55. The van der Waals surface area contributed by atoms with E-state index in [4.69, 9.17) is 4.74 Å². The smallest absolute Gasteiger partial charge is 0.131 e. The van der Waals surface area contributed by atoms with E-state index >= 15 is 0 Å². The minimum absolute atomic E-state index is 0.267. The zero-order valence-corrected chi connectivity index (χ0v) is 8.72. The zero-order chi connectivity index (χ0) is 10.7. The Kier molecular flexibility index (Phi) is 2.90. The molecule has 0 radical (unpaired) electrons. The molecule has 15 heavy (non-hydrogen) atoms. The van der Waals surface area contributed by atoms with Gasteiger partial charge in [-0.3, -0.25) is 0 Å². The van der Waals surface area contributed by atoms with Crippen LogP contribution in [0.25, 0.3) is 10.9 Å². The van der Waals surface area contributed by atoms with Gasteiger partial charge in [0.15, 0.2) is 0 Å². The quantitative estimate of drug-likeness (QED) is 0.763. The summed E-state index contributed by atoms with van der Waals surface area (Å²) in [6.45, 7) is 2.74. The van der Waals surface area contributed by atoms with Gasteiger partial charge in [0.25, 0.3) is 0 Å². The Morgan fingerprint density at radius 2 is 2.27 bits per heavy atom. The molecule has 0 fully saturated rings. The molecule has 0 saturated carbocycles. The lowest BCUT2D eigenvalue weighted by Crippen LogP contribution is -1.97. The number of fused-ring (bicyclic) bond motifs is 1. The normalized spacial score (nSPS) is 10.8. The van der Waals surface area contributed by atoms with Gasteiger partial charge in [0.1, 0.15) is 11.6 Å². The summed E-state index contributed by atoms with van der Waals surface area (Å²) in [7, 11) is 0. The van der Waals surface area contributed by atoms with Crippen LogP contribution in [0.5, 0.6) is 5.75 Å². The predicted molar refractivity (Wildman–Crippen MR) is 58.7 cm³/mol. The largest absolute Gasteiger partial charge is 0.493 e. The standard InChI is InChI=1S/C12H14FNO/c1-2-3-6-15-12-8-9(13)7-11-10(12)4-5-14-11/h4-5,7-8,14H,2-3,6H2,1H3. The van der Waals surface area contributed by atoms with Gasteiger partial charge >= 0.3 is 0 Å².